The highest BCUT2D eigenvalue weighted by Gasteiger charge is 2.26. The van der Waals surface area contributed by atoms with Gasteiger partial charge in [-0.15, -0.1) is 0 Å². The van der Waals surface area contributed by atoms with Gasteiger partial charge in [-0.3, -0.25) is 9.69 Å². The van der Waals surface area contributed by atoms with E-state index >= 15 is 0 Å². The van der Waals surface area contributed by atoms with Crippen LogP contribution in [-0.4, -0.2) is 83.7 Å². The predicted octanol–water partition coefficient (Wildman–Crippen LogP) is 1.72. The zero-order chi connectivity index (χ0) is 22.6. The Morgan fingerprint density at radius 1 is 1.09 bits per heavy atom. The smallest absolute Gasteiger partial charge is 0.293 e. The molecule has 0 aliphatic carbocycles. The third-order valence-electron chi connectivity index (χ3n) is 6.41. The summed E-state index contributed by atoms with van der Waals surface area (Å²) in [6, 6.07) is 7.93. The molecule has 174 valence electrons. The first kappa shape index (κ1) is 21.6. The molecule has 0 atom stereocenters. The van der Waals surface area contributed by atoms with Crippen molar-refractivity contribution < 1.29 is 14.3 Å². The molecule has 2 aliphatic heterocycles. The molecule has 0 radical (unpaired) electrons. The maximum Gasteiger partial charge on any atom is 0.293 e. The van der Waals surface area contributed by atoms with E-state index < -0.39 is 0 Å². The van der Waals surface area contributed by atoms with Crippen molar-refractivity contribution in [1.82, 2.24) is 24.6 Å². The Labute approximate surface area is 192 Å². The van der Waals surface area contributed by atoms with Crippen LogP contribution in [-0.2, 0) is 14.3 Å². The lowest BCUT2D eigenvalue weighted by atomic mass is 10.1. The van der Waals surface area contributed by atoms with Gasteiger partial charge in [0.2, 0.25) is 0 Å². The van der Waals surface area contributed by atoms with Gasteiger partial charge in [0, 0.05) is 44.0 Å². The van der Waals surface area contributed by atoms with E-state index in [0.29, 0.717) is 37.8 Å². The van der Waals surface area contributed by atoms with Gasteiger partial charge in [0.15, 0.2) is 11.5 Å². The topological polar surface area (TPSA) is 112 Å². The van der Waals surface area contributed by atoms with Crippen molar-refractivity contribution in [2.75, 3.05) is 63.2 Å². The molecule has 33 heavy (non-hydrogen) atoms. The van der Waals surface area contributed by atoms with Crippen molar-refractivity contribution in [3.63, 3.8) is 0 Å². The molecule has 10 heteroatoms. The average Bonchev–Trinajstić information content (AvgIpc) is 3.29. The summed E-state index contributed by atoms with van der Waals surface area (Å²) in [6.45, 7) is 6.51. The second-order valence-corrected chi connectivity index (χ2v) is 8.46. The van der Waals surface area contributed by atoms with Gasteiger partial charge in [0.05, 0.1) is 30.8 Å². The lowest BCUT2D eigenvalue weighted by Crippen LogP contribution is -2.37. The number of hydrogen-bond donors (Lipinski definition) is 1. The molecule has 0 unspecified atom stereocenters. The summed E-state index contributed by atoms with van der Waals surface area (Å²) in [4.78, 5) is 24.9. The molecule has 1 aromatic carbocycles. The Bertz CT molecular complexity index is 1090. The van der Waals surface area contributed by atoms with Crippen LogP contribution >= 0.6 is 0 Å². The maximum atomic E-state index is 10.4. The van der Waals surface area contributed by atoms with Gasteiger partial charge in [-0.05, 0) is 37.1 Å². The number of likely N-dealkylation sites (tertiary alicyclic amines) is 1. The second kappa shape index (κ2) is 9.72. The number of ether oxygens (including phenoxy) is 2. The average molecular weight is 452 g/mol. The Balaban J connectivity index is 1.47. The molecule has 2 N–H and O–H groups in total. The molecule has 10 nitrogen and oxygen atoms in total. The molecule has 0 bridgehead atoms. The summed E-state index contributed by atoms with van der Waals surface area (Å²) in [5.41, 5.74) is 8.39. The second-order valence-electron chi connectivity index (χ2n) is 8.46. The van der Waals surface area contributed by atoms with Crippen LogP contribution in [0.1, 0.15) is 18.9 Å². The van der Waals surface area contributed by atoms with Gasteiger partial charge in [-0.1, -0.05) is 0 Å². The van der Waals surface area contributed by atoms with Gasteiger partial charge >= 0.3 is 0 Å². The maximum absolute atomic E-state index is 10.4. The molecular weight excluding hydrogens is 422 g/mol. The summed E-state index contributed by atoms with van der Waals surface area (Å²) in [7, 11) is 0. The number of aromatic nitrogens is 4. The molecule has 0 spiro atoms. The minimum Gasteiger partial charge on any atom is -0.467 e. The molecular formula is C23H29N7O3. The predicted molar refractivity (Wildman–Crippen MR) is 125 cm³/mol. The highest BCUT2D eigenvalue weighted by molar-refractivity contribution is 5.89. The third kappa shape index (κ3) is 4.62. The number of nitrogens with two attached hydrogens (primary N) is 1. The zero-order valence-corrected chi connectivity index (χ0v) is 18.6. The first-order chi connectivity index (χ1) is 16.2. The number of rotatable bonds is 7. The standard InChI is InChI=1S/C23H29N7O3/c24-18-3-1-17(2-4-18)21-26-22(29-10-13-32-14-11-29)20-15-25-30(23(20)27-21)19-5-7-28(8-6-19)9-12-33-16-31/h1-4,15-16,19H,5-14,24H2. The van der Waals surface area contributed by atoms with Crippen LogP contribution in [0.2, 0.25) is 0 Å². The van der Waals surface area contributed by atoms with E-state index in [4.69, 9.17) is 30.3 Å². The van der Waals surface area contributed by atoms with Crippen LogP contribution in [0.4, 0.5) is 11.5 Å². The van der Waals surface area contributed by atoms with Crippen LogP contribution in [0.5, 0.6) is 0 Å². The van der Waals surface area contributed by atoms with Gasteiger partial charge < -0.3 is 20.1 Å². The molecule has 2 fully saturated rings. The van der Waals surface area contributed by atoms with Crippen LogP contribution in [0.15, 0.2) is 30.5 Å². The number of benzene rings is 1. The van der Waals surface area contributed by atoms with E-state index in [9.17, 15) is 4.79 Å². The Hall–Kier alpha value is -3.24. The van der Waals surface area contributed by atoms with Crippen LogP contribution in [0.3, 0.4) is 0 Å². The number of morpholine rings is 1. The minimum atomic E-state index is 0.262. The summed E-state index contributed by atoms with van der Waals surface area (Å²) >= 11 is 0. The van der Waals surface area contributed by atoms with E-state index in [0.717, 1.165) is 68.0 Å². The van der Waals surface area contributed by atoms with Gasteiger partial charge in [-0.2, -0.15) is 5.10 Å². The Kier molecular flexibility index (Phi) is 6.36. The number of fused-ring (bicyclic) bond motifs is 1. The van der Waals surface area contributed by atoms with Crippen LogP contribution < -0.4 is 10.6 Å². The fourth-order valence-corrected chi connectivity index (χ4v) is 4.57. The highest BCUT2D eigenvalue weighted by Crippen LogP contribution is 2.32. The van der Waals surface area contributed by atoms with E-state index in [1.807, 2.05) is 30.5 Å². The van der Waals surface area contributed by atoms with Crippen molar-refractivity contribution in [1.29, 1.82) is 0 Å². The third-order valence-corrected chi connectivity index (χ3v) is 6.41. The van der Waals surface area contributed by atoms with Crippen molar-refractivity contribution >= 4 is 29.0 Å². The summed E-state index contributed by atoms with van der Waals surface area (Å²) in [6.07, 6.45) is 3.83. The van der Waals surface area contributed by atoms with Crippen LogP contribution in [0, 0.1) is 0 Å². The number of carbonyl (C=O) groups is 1. The SMILES string of the molecule is Nc1ccc(-c2nc(N3CCOCC3)c3cnn(C4CCN(CCOC=O)CC4)c3n2)cc1. The number of nitrogens with zero attached hydrogens (tertiary/aromatic N) is 6. The zero-order valence-electron chi connectivity index (χ0n) is 18.6. The fraction of sp³-hybridized carbons (Fsp3) is 0.478. The highest BCUT2D eigenvalue weighted by atomic mass is 16.5. The number of nitrogen functional groups attached to an aromatic ring is 1. The summed E-state index contributed by atoms with van der Waals surface area (Å²) in [5.74, 6) is 1.58. The Morgan fingerprint density at radius 3 is 2.58 bits per heavy atom. The minimum absolute atomic E-state index is 0.262. The van der Waals surface area contributed by atoms with E-state index in [1.165, 1.54) is 0 Å². The monoisotopic (exact) mass is 451 g/mol. The molecule has 0 amide bonds. The molecule has 4 heterocycles. The number of hydrogen-bond acceptors (Lipinski definition) is 9. The summed E-state index contributed by atoms with van der Waals surface area (Å²) in [5, 5.41) is 5.74. The number of piperidine rings is 1. The Morgan fingerprint density at radius 2 is 1.85 bits per heavy atom. The van der Waals surface area contributed by atoms with Crippen molar-refractivity contribution in [2.45, 2.75) is 18.9 Å². The fourth-order valence-electron chi connectivity index (χ4n) is 4.57. The lowest BCUT2D eigenvalue weighted by Gasteiger charge is -2.32. The first-order valence-corrected chi connectivity index (χ1v) is 11.4. The van der Waals surface area contributed by atoms with Gasteiger partial charge in [0.1, 0.15) is 12.4 Å². The van der Waals surface area contributed by atoms with Crippen molar-refractivity contribution in [3.05, 3.63) is 30.5 Å². The molecule has 3 aromatic rings. The van der Waals surface area contributed by atoms with Crippen molar-refractivity contribution in [2.24, 2.45) is 0 Å². The van der Waals surface area contributed by atoms with Crippen molar-refractivity contribution in [3.8, 4) is 11.4 Å². The first-order valence-electron chi connectivity index (χ1n) is 11.4. The van der Waals surface area contributed by atoms with E-state index in [-0.39, 0.29) is 6.04 Å². The molecule has 5 rings (SSSR count). The van der Waals surface area contributed by atoms with Crippen LogP contribution in [0.25, 0.3) is 22.4 Å². The lowest BCUT2D eigenvalue weighted by molar-refractivity contribution is -0.129. The normalized spacial score (nSPS) is 18.0. The molecule has 0 saturated carbocycles. The van der Waals surface area contributed by atoms with Gasteiger partial charge in [-0.25, -0.2) is 14.6 Å². The summed E-state index contributed by atoms with van der Waals surface area (Å²) < 4.78 is 12.5. The number of carbonyl (C=O) groups excluding carboxylic acids is 1. The molecule has 2 saturated heterocycles. The van der Waals surface area contributed by atoms with E-state index in [2.05, 4.69) is 14.5 Å². The molecule has 2 aliphatic rings. The van der Waals surface area contributed by atoms with Gasteiger partial charge in [0.25, 0.3) is 6.47 Å². The molecule has 2 aromatic heterocycles. The van der Waals surface area contributed by atoms with E-state index in [1.54, 1.807) is 0 Å². The number of anilines is 2. The largest absolute Gasteiger partial charge is 0.467 e. The quantitative estimate of drug-likeness (QED) is 0.326.